The Morgan fingerprint density at radius 3 is 2.64 bits per heavy atom. The van der Waals surface area contributed by atoms with Crippen molar-refractivity contribution in [2.24, 2.45) is 5.10 Å². The van der Waals surface area contributed by atoms with E-state index in [1.165, 1.54) is 11.8 Å². The van der Waals surface area contributed by atoms with Crippen molar-refractivity contribution < 1.29 is 4.79 Å². The number of aromatic nitrogens is 2. The Kier molecular flexibility index (Phi) is 5.50. The van der Waals surface area contributed by atoms with E-state index in [4.69, 9.17) is 0 Å². The van der Waals surface area contributed by atoms with E-state index in [0.717, 1.165) is 34.0 Å². The molecule has 3 aromatic rings. The third kappa shape index (κ3) is 4.09. The summed E-state index contributed by atoms with van der Waals surface area (Å²) >= 11 is 1.42. The average Bonchev–Trinajstić information content (AvgIpc) is 3.02. The quantitative estimate of drug-likeness (QED) is 0.418. The minimum Gasteiger partial charge on any atom is -0.319 e. The summed E-state index contributed by atoms with van der Waals surface area (Å²) < 4.78 is 2.12. The maximum absolute atomic E-state index is 12.1. The van der Waals surface area contributed by atoms with E-state index in [1.54, 1.807) is 0 Å². The fraction of sp³-hybridized carbons (Fsp3) is 0.211. The summed E-state index contributed by atoms with van der Waals surface area (Å²) in [6.07, 6.45) is 0. The number of carbonyl (C=O) groups is 1. The SMILES string of the molecule is CCn1c(SCC(=O)N/N=C(/C)c2ccccc2)nc2ccccc21. The molecule has 25 heavy (non-hydrogen) atoms. The molecule has 1 amide bonds. The second-order valence-electron chi connectivity index (χ2n) is 5.51. The van der Waals surface area contributed by atoms with Gasteiger partial charge in [0, 0.05) is 6.54 Å². The van der Waals surface area contributed by atoms with Crippen LogP contribution in [0.1, 0.15) is 19.4 Å². The Labute approximate surface area is 151 Å². The van der Waals surface area contributed by atoms with Crippen molar-refractivity contribution in [1.82, 2.24) is 15.0 Å². The molecular formula is C19H20N4OS. The molecule has 128 valence electrons. The smallest absolute Gasteiger partial charge is 0.250 e. The van der Waals surface area contributed by atoms with Crippen molar-refractivity contribution >= 4 is 34.4 Å². The number of hydrogen-bond acceptors (Lipinski definition) is 4. The topological polar surface area (TPSA) is 59.3 Å². The predicted octanol–water partition coefficient (Wildman–Crippen LogP) is 3.69. The maximum Gasteiger partial charge on any atom is 0.250 e. The highest BCUT2D eigenvalue weighted by molar-refractivity contribution is 7.99. The average molecular weight is 352 g/mol. The molecule has 0 atom stereocenters. The third-order valence-electron chi connectivity index (χ3n) is 3.81. The zero-order chi connectivity index (χ0) is 17.6. The second kappa shape index (κ2) is 7.98. The molecule has 0 spiro atoms. The molecule has 1 heterocycles. The van der Waals surface area contributed by atoms with Crippen LogP contribution in [0.3, 0.4) is 0 Å². The molecule has 1 aromatic heterocycles. The number of fused-ring (bicyclic) bond motifs is 1. The van der Waals surface area contributed by atoms with Gasteiger partial charge in [-0.05, 0) is 31.5 Å². The number of thioether (sulfide) groups is 1. The van der Waals surface area contributed by atoms with Gasteiger partial charge < -0.3 is 4.57 Å². The standard InChI is InChI=1S/C19H20N4OS/c1-3-23-17-12-8-7-11-16(17)20-19(23)25-13-18(24)22-21-14(2)15-9-5-4-6-10-15/h4-12H,3,13H2,1-2H3,(H,22,24)/b21-14-. The first-order chi connectivity index (χ1) is 12.2. The first kappa shape index (κ1) is 17.2. The molecular weight excluding hydrogens is 332 g/mol. The van der Waals surface area contributed by atoms with Crippen molar-refractivity contribution in [3.63, 3.8) is 0 Å². The zero-order valence-electron chi connectivity index (χ0n) is 14.3. The maximum atomic E-state index is 12.1. The molecule has 0 saturated carbocycles. The molecule has 0 bridgehead atoms. The Bertz CT molecular complexity index is 902. The first-order valence-electron chi connectivity index (χ1n) is 8.15. The summed E-state index contributed by atoms with van der Waals surface area (Å²) in [5.74, 6) is 0.129. The summed E-state index contributed by atoms with van der Waals surface area (Å²) in [6, 6.07) is 17.8. The van der Waals surface area contributed by atoms with Gasteiger partial charge in [-0.3, -0.25) is 4.79 Å². The summed E-state index contributed by atoms with van der Waals surface area (Å²) in [6.45, 7) is 4.76. The number of hydrogen-bond donors (Lipinski definition) is 1. The van der Waals surface area contributed by atoms with Crippen LogP contribution in [0.25, 0.3) is 11.0 Å². The van der Waals surface area contributed by atoms with Crippen LogP contribution in [0.5, 0.6) is 0 Å². The number of aryl methyl sites for hydroxylation is 1. The van der Waals surface area contributed by atoms with Crippen LogP contribution in [0.2, 0.25) is 0 Å². The van der Waals surface area contributed by atoms with Crippen LogP contribution < -0.4 is 5.43 Å². The van der Waals surface area contributed by atoms with Crippen LogP contribution in [0.4, 0.5) is 0 Å². The lowest BCUT2D eigenvalue weighted by Crippen LogP contribution is -2.21. The lowest BCUT2D eigenvalue weighted by Gasteiger charge is -2.05. The highest BCUT2D eigenvalue weighted by Gasteiger charge is 2.11. The predicted molar refractivity (Wildman–Crippen MR) is 103 cm³/mol. The van der Waals surface area contributed by atoms with E-state index in [2.05, 4.69) is 27.0 Å². The number of benzene rings is 2. The summed E-state index contributed by atoms with van der Waals surface area (Å²) in [5, 5.41) is 5.02. The van der Waals surface area contributed by atoms with Crippen LogP contribution in [-0.4, -0.2) is 26.9 Å². The number of hydrazone groups is 1. The highest BCUT2D eigenvalue weighted by atomic mass is 32.2. The monoisotopic (exact) mass is 352 g/mol. The Morgan fingerprint density at radius 2 is 1.88 bits per heavy atom. The van der Waals surface area contributed by atoms with E-state index in [0.29, 0.717) is 0 Å². The van der Waals surface area contributed by atoms with Crippen molar-refractivity contribution in [3.8, 4) is 0 Å². The molecule has 0 saturated heterocycles. The fourth-order valence-corrected chi connectivity index (χ4v) is 3.39. The molecule has 3 rings (SSSR count). The van der Waals surface area contributed by atoms with Crippen molar-refractivity contribution in [3.05, 3.63) is 60.2 Å². The van der Waals surface area contributed by atoms with E-state index in [9.17, 15) is 4.79 Å². The van der Waals surface area contributed by atoms with Crippen molar-refractivity contribution in [1.29, 1.82) is 0 Å². The fourth-order valence-electron chi connectivity index (χ4n) is 2.52. The van der Waals surface area contributed by atoms with Gasteiger partial charge in [0.05, 0.1) is 22.5 Å². The minimum absolute atomic E-state index is 0.144. The summed E-state index contributed by atoms with van der Waals surface area (Å²) in [4.78, 5) is 16.7. The number of carbonyl (C=O) groups excluding carboxylic acids is 1. The van der Waals surface area contributed by atoms with E-state index >= 15 is 0 Å². The van der Waals surface area contributed by atoms with Gasteiger partial charge >= 0.3 is 0 Å². The number of nitrogens with zero attached hydrogens (tertiary/aromatic N) is 3. The van der Waals surface area contributed by atoms with Gasteiger partial charge in [0.1, 0.15) is 0 Å². The molecule has 0 radical (unpaired) electrons. The zero-order valence-corrected chi connectivity index (χ0v) is 15.1. The van der Waals surface area contributed by atoms with Crippen molar-refractivity contribution in [2.75, 3.05) is 5.75 Å². The van der Waals surface area contributed by atoms with E-state index in [-0.39, 0.29) is 11.7 Å². The second-order valence-corrected chi connectivity index (χ2v) is 6.46. The largest absolute Gasteiger partial charge is 0.319 e. The number of nitrogens with one attached hydrogen (secondary N) is 1. The van der Waals surface area contributed by atoms with Crippen LogP contribution >= 0.6 is 11.8 Å². The van der Waals surface area contributed by atoms with Crippen LogP contribution in [0, 0.1) is 0 Å². The van der Waals surface area contributed by atoms with E-state index in [1.807, 2.05) is 61.5 Å². The Morgan fingerprint density at radius 1 is 1.16 bits per heavy atom. The van der Waals surface area contributed by atoms with Crippen LogP contribution in [-0.2, 0) is 11.3 Å². The summed E-state index contributed by atoms with van der Waals surface area (Å²) in [7, 11) is 0. The normalized spacial score (nSPS) is 11.7. The van der Waals surface area contributed by atoms with Gasteiger partial charge in [-0.25, -0.2) is 10.4 Å². The van der Waals surface area contributed by atoms with Gasteiger partial charge in [-0.15, -0.1) is 0 Å². The number of rotatable bonds is 6. The highest BCUT2D eigenvalue weighted by Crippen LogP contribution is 2.23. The van der Waals surface area contributed by atoms with Gasteiger partial charge in [-0.2, -0.15) is 5.10 Å². The summed E-state index contributed by atoms with van der Waals surface area (Å²) in [5.41, 5.74) is 6.42. The Balaban J connectivity index is 1.63. The number of amides is 1. The lowest BCUT2D eigenvalue weighted by molar-refractivity contribution is -0.118. The molecule has 5 nitrogen and oxygen atoms in total. The lowest BCUT2D eigenvalue weighted by atomic mass is 10.1. The van der Waals surface area contributed by atoms with E-state index < -0.39 is 0 Å². The van der Waals surface area contributed by atoms with Crippen molar-refractivity contribution in [2.45, 2.75) is 25.5 Å². The molecule has 0 fully saturated rings. The van der Waals surface area contributed by atoms with Gasteiger partial charge in [0.25, 0.3) is 5.91 Å². The van der Waals surface area contributed by atoms with Gasteiger partial charge in [0.2, 0.25) is 0 Å². The molecule has 0 aliphatic carbocycles. The van der Waals surface area contributed by atoms with Gasteiger partial charge in [0.15, 0.2) is 5.16 Å². The van der Waals surface area contributed by atoms with Crippen LogP contribution in [0.15, 0.2) is 64.9 Å². The Hall–Kier alpha value is -2.60. The number of para-hydroxylation sites is 2. The minimum atomic E-state index is -0.144. The first-order valence-corrected chi connectivity index (χ1v) is 9.14. The molecule has 0 aliphatic heterocycles. The molecule has 0 unspecified atom stereocenters. The molecule has 1 N–H and O–H groups in total. The molecule has 0 aliphatic rings. The molecule has 2 aromatic carbocycles. The molecule has 6 heteroatoms. The third-order valence-corrected chi connectivity index (χ3v) is 4.78. The number of imidazole rings is 1. The van der Waals surface area contributed by atoms with Gasteiger partial charge in [-0.1, -0.05) is 54.2 Å².